The molecule has 0 unspecified atom stereocenters. The van der Waals surface area contributed by atoms with Crippen molar-refractivity contribution in [3.8, 4) is 0 Å². The van der Waals surface area contributed by atoms with Crippen LogP contribution in [0.2, 0.25) is 0 Å². The molecule has 8 heteroatoms. The number of nitrogens with two attached hydrogens (primary N) is 1. The van der Waals surface area contributed by atoms with Crippen LogP contribution in [-0.4, -0.2) is 46.9 Å². The minimum atomic E-state index is -0.856. The molecule has 0 atom stereocenters. The Morgan fingerprint density at radius 3 is 2.35 bits per heavy atom. The van der Waals surface area contributed by atoms with Crippen LogP contribution < -0.4 is 5.73 Å². The average Bonchev–Trinajstić information content (AvgIpc) is 3.04. The molecule has 2 N–H and O–H groups in total. The molecule has 1 aliphatic rings. The highest BCUT2D eigenvalue weighted by molar-refractivity contribution is 5.94. The van der Waals surface area contributed by atoms with Gasteiger partial charge in [0.25, 0.3) is 5.91 Å². The van der Waals surface area contributed by atoms with Crippen LogP contribution in [0, 0.1) is 0 Å². The van der Waals surface area contributed by atoms with Gasteiger partial charge in [0, 0.05) is 19.7 Å². The predicted octanol–water partition coefficient (Wildman–Crippen LogP) is 3.40. The molecular formula is C23H32N4O4. The van der Waals surface area contributed by atoms with Crippen molar-refractivity contribution >= 4 is 12.0 Å². The zero-order valence-electron chi connectivity index (χ0n) is 18.9. The summed E-state index contributed by atoms with van der Waals surface area (Å²) in [4.78, 5) is 25.7. The van der Waals surface area contributed by atoms with Crippen LogP contribution in [0.5, 0.6) is 0 Å². The van der Waals surface area contributed by atoms with Crippen molar-refractivity contribution in [1.29, 1.82) is 0 Å². The molecule has 1 aromatic carbocycles. The van der Waals surface area contributed by atoms with E-state index in [2.05, 4.69) is 5.10 Å². The van der Waals surface area contributed by atoms with Crippen molar-refractivity contribution in [1.82, 2.24) is 14.7 Å². The monoisotopic (exact) mass is 428 g/mol. The van der Waals surface area contributed by atoms with E-state index in [1.165, 1.54) is 4.90 Å². The Kier molecular flexibility index (Phi) is 6.69. The summed E-state index contributed by atoms with van der Waals surface area (Å²) in [5.41, 5.74) is 7.85. The first-order valence-electron chi connectivity index (χ1n) is 10.5. The number of nitrogens with zero attached hydrogens (tertiary/aromatic N) is 3. The van der Waals surface area contributed by atoms with E-state index in [0.717, 1.165) is 24.0 Å². The number of primary amides is 1. The number of aromatic nitrogens is 2. The lowest BCUT2D eigenvalue weighted by atomic mass is 9.84. The molecule has 0 aliphatic heterocycles. The molecule has 8 nitrogen and oxygen atoms in total. The normalized spacial score (nSPS) is 18.4. The maximum Gasteiger partial charge on any atom is 0.404 e. The minimum Gasteiger partial charge on any atom is -0.443 e. The van der Waals surface area contributed by atoms with Crippen molar-refractivity contribution in [2.75, 3.05) is 14.1 Å². The molecule has 1 aliphatic carbocycles. The van der Waals surface area contributed by atoms with Crippen molar-refractivity contribution < 1.29 is 19.1 Å². The predicted molar refractivity (Wildman–Crippen MR) is 117 cm³/mol. The lowest BCUT2D eigenvalue weighted by Gasteiger charge is -2.36. The van der Waals surface area contributed by atoms with Gasteiger partial charge in [0.1, 0.15) is 6.61 Å². The molecule has 0 bridgehead atoms. The van der Waals surface area contributed by atoms with E-state index >= 15 is 0 Å². The molecule has 1 heterocycles. The number of carbonyl (C=O) groups is 2. The van der Waals surface area contributed by atoms with E-state index in [4.69, 9.17) is 15.2 Å². The van der Waals surface area contributed by atoms with Gasteiger partial charge in [-0.05, 0) is 23.8 Å². The highest BCUT2D eigenvalue weighted by atomic mass is 16.5. The maximum absolute atomic E-state index is 12.9. The van der Waals surface area contributed by atoms with Gasteiger partial charge in [-0.1, -0.05) is 51.1 Å². The Morgan fingerprint density at radius 1 is 1.16 bits per heavy atom. The zero-order chi connectivity index (χ0) is 22.8. The molecule has 0 spiro atoms. The summed E-state index contributed by atoms with van der Waals surface area (Å²) in [7, 11) is 3.40. The Bertz CT molecular complexity index is 925. The van der Waals surface area contributed by atoms with E-state index in [1.807, 2.05) is 55.8 Å². The number of amides is 2. The molecule has 0 saturated heterocycles. The van der Waals surface area contributed by atoms with E-state index in [0.29, 0.717) is 18.0 Å². The minimum absolute atomic E-state index is 0.0261. The standard InChI is InChI=1S/C23H32N4O4/c1-23(2,3)19-18(14-31-22(24)29)27(25-20(19)21(28)26(4)5)16-11-17(12-16)30-13-15-9-7-6-8-10-15/h6-10,16-17H,11-14H2,1-5H3,(H2,24,29). The van der Waals surface area contributed by atoms with Crippen LogP contribution in [0.25, 0.3) is 0 Å². The first-order chi connectivity index (χ1) is 14.6. The second kappa shape index (κ2) is 9.09. The molecule has 1 saturated carbocycles. The lowest BCUT2D eigenvalue weighted by molar-refractivity contribution is -0.0397. The molecule has 2 aromatic rings. The SMILES string of the molecule is CN(C)C(=O)c1nn(C2CC(OCc3ccccc3)C2)c(COC(N)=O)c1C(C)(C)C. The zero-order valence-corrected chi connectivity index (χ0v) is 18.9. The van der Waals surface area contributed by atoms with E-state index < -0.39 is 6.09 Å². The molecule has 0 radical (unpaired) electrons. The van der Waals surface area contributed by atoms with Crippen LogP contribution in [0.3, 0.4) is 0 Å². The smallest absolute Gasteiger partial charge is 0.404 e. The van der Waals surface area contributed by atoms with Gasteiger partial charge in [0.2, 0.25) is 0 Å². The van der Waals surface area contributed by atoms with Crippen LogP contribution in [0.15, 0.2) is 30.3 Å². The Morgan fingerprint density at radius 2 is 1.81 bits per heavy atom. The molecular weight excluding hydrogens is 396 g/mol. The molecule has 3 rings (SSSR count). The Balaban J connectivity index is 1.83. The van der Waals surface area contributed by atoms with E-state index in [-0.39, 0.29) is 30.1 Å². The quantitative estimate of drug-likeness (QED) is 0.729. The second-order valence-corrected chi connectivity index (χ2v) is 9.22. The number of hydrogen-bond donors (Lipinski definition) is 1. The first-order valence-corrected chi connectivity index (χ1v) is 10.5. The molecule has 2 amide bonds. The number of benzene rings is 1. The Labute approximate surface area is 183 Å². The largest absolute Gasteiger partial charge is 0.443 e. The highest BCUT2D eigenvalue weighted by Gasteiger charge is 2.38. The summed E-state index contributed by atoms with van der Waals surface area (Å²) < 4.78 is 13.0. The number of hydrogen-bond acceptors (Lipinski definition) is 5. The summed E-state index contributed by atoms with van der Waals surface area (Å²) in [5.74, 6) is -0.180. The summed E-state index contributed by atoms with van der Waals surface area (Å²) >= 11 is 0. The lowest BCUT2D eigenvalue weighted by Crippen LogP contribution is -2.35. The molecule has 31 heavy (non-hydrogen) atoms. The summed E-state index contributed by atoms with van der Waals surface area (Å²) in [6.07, 6.45) is 0.810. The second-order valence-electron chi connectivity index (χ2n) is 9.22. The van der Waals surface area contributed by atoms with Gasteiger partial charge in [0.15, 0.2) is 5.69 Å². The van der Waals surface area contributed by atoms with Gasteiger partial charge in [-0.2, -0.15) is 5.10 Å². The van der Waals surface area contributed by atoms with Crippen molar-refractivity contribution in [2.24, 2.45) is 5.73 Å². The molecule has 1 aromatic heterocycles. The van der Waals surface area contributed by atoms with Gasteiger partial charge < -0.3 is 20.1 Å². The number of rotatable bonds is 7. The van der Waals surface area contributed by atoms with Gasteiger partial charge in [-0.3, -0.25) is 9.48 Å². The highest BCUT2D eigenvalue weighted by Crippen LogP contribution is 2.39. The summed E-state index contributed by atoms with van der Waals surface area (Å²) in [6.45, 7) is 6.58. The van der Waals surface area contributed by atoms with E-state index in [1.54, 1.807) is 14.1 Å². The average molecular weight is 429 g/mol. The summed E-state index contributed by atoms with van der Waals surface area (Å²) in [6, 6.07) is 10.1. The number of ether oxygens (including phenoxy) is 2. The maximum atomic E-state index is 12.9. The topological polar surface area (TPSA) is 99.7 Å². The van der Waals surface area contributed by atoms with E-state index in [9.17, 15) is 9.59 Å². The van der Waals surface area contributed by atoms with Crippen LogP contribution >= 0.6 is 0 Å². The fourth-order valence-corrected chi connectivity index (χ4v) is 3.86. The van der Waals surface area contributed by atoms with Crippen LogP contribution in [0.4, 0.5) is 4.79 Å². The molecule has 1 fully saturated rings. The third-order valence-corrected chi connectivity index (χ3v) is 5.46. The molecule has 168 valence electrons. The van der Waals surface area contributed by atoms with Crippen LogP contribution in [-0.2, 0) is 28.1 Å². The van der Waals surface area contributed by atoms with Crippen molar-refractivity contribution in [3.63, 3.8) is 0 Å². The van der Waals surface area contributed by atoms with Crippen molar-refractivity contribution in [2.45, 2.75) is 64.4 Å². The Hall–Kier alpha value is -2.87. The third-order valence-electron chi connectivity index (χ3n) is 5.46. The van der Waals surface area contributed by atoms with Crippen LogP contribution in [0.1, 0.15) is 67.0 Å². The van der Waals surface area contributed by atoms with Gasteiger partial charge in [0.05, 0.1) is 24.4 Å². The van der Waals surface area contributed by atoms with Gasteiger partial charge >= 0.3 is 6.09 Å². The fraction of sp³-hybridized carbons (Fsp3) is 0.522. The van der Waals surface area contributed by atoms with Gasteiger partial charge in [-0.15, -0.1) is 0 Å². The first kappa shape index (κ1) is 22.8. The van der Waals surface area contributed by atoms with Crippen molar-refractivity contribution in [3.05, 3.63) is 52.8 Å². The third kappa shape index (κ3) is 5.25. The fourth-order valence-electron chi connectivity index (χ4n) is 3.86. The number of carbonyl (C=O) groups excluding carboxylic acids is 2. The summed E-state index contributed by atoms with van der Waals surface area (Å²) in [5, 5.41) is 4.69. The van der Waals surface area contributed by atoms with Gasteiger partial charge in [-0.25, -0.2) is 4.79 Å².